The second-order valence-electron chi connectivity index (χ2n) is 5.38. The minimum Gasteiger partial charge on any atom is -0.395 e. The molecule has 0 spiro atoms. The maximum Gasteiger partial charge on any atom is 0.240 e. The van der Waals surface area contributed by atoms with E-state index in [1.54, 1.807) is 0 Å². The molecule has 1 saturated heterocycles. The number of para-hydroxylation sites is 1. The summed E-state index contributed by atoms with van der Waals surface area (Å²) >= 11 is 1.50. The molecule has 6 nitrogen and oxygen atoms in total. The summed E-state index contributed by atoms with van der Waals surface area (Å²) in [6.07, 6.45) is 0. The molecule has 3 rings (SSSR count). The Morgan fingerprint density at radius 1 is 1.23 bits per heavy atom. The minimum absolute atomic E-state index is 0.0188. The van der Waals surface area contributed by atoms with E-state index in [0.29, 0.717) is 18.2 Å². The zero-order chi connectivity index (χ0) is 15.4. The number of anilines is 1. The number of aliphatic hydroxyl groups is 1. The number of benzene rings is 1. The van der Waals surface area contributed by atoms with Crippen LogP contribution < -0.4 is 5.32 Å². The summed E-state index contributed by atoms with van der Waals surface area (Å²) < 4.78 is 1.08. The van der Waals surface area contributed by atoms with Gasteiger partial charge in [0.15, 0.2) is 5.13 Å². The number of nitrogens with zero attached hydrogens (tertiary/aromatic N) is 3. The van der Waals surface area contributed by atoms with Crippen LogP contribution in [-0.4, -0.2) is 71.7 Å². The van der Waals surface area contributed by atoms with Crippen LogP contribution in [-0.2, 0) is 4.79 Å². The molecule has 118 valence electrons. The maximum atomic E-state index is 12.1. The second-order valence-corrected chi connectivity index (χ2v) is 6.41. The van der Waals surface area contributed by atoms with Crippen LogP contribution in [0.1, 0.15) is 0 Å². The molecule has 2 N–H and O–H groups in total. The van der Waals surface area contributed by atoms with Gasteiger partial charge >= 0.3 is 0 Å². The van der Waals surface area contributed by atoms with Crippen molar-refractivity contribution < 1.29 is 9.90 Å². The van der Waals surface area contributed by atoms with Gasteiger partial charge in [0.25, 0.3) is 0 Å². The van der Waals surface area contributed by atoms with Crippen molar-refractivity contribution in [3.05, 3.63) is 24.3 Å². The topological polar surface area (TPSA) is 68.7 Å². The Labute approximate surface area is 133 Å². The first kappa shape index (κ1) is 15.4. The Balaban J connectivity index is 1.50. The van der Waals surface area contributed by atoms with E-state index in [0.717, 1.165) is 36.4 Å². The molecule has 1 aromatic carbocycles. The summed E-state index contributed by atoms with van der Waals surface area (Å²) in [7, 11) is 0. The molecule has 0 radical (unpaired) electrons. The lowest BCUT2D eigenvalue weighted by molar-refractivity contribution is -0.117. The van der Waals surface area contributed by atoms with E-state index in [1.165, 1.54) is 11.3 Å². The number of piperazine rings is 1. The zero-order valence-corrected chi connectivity index (χ0v) is 13.2. The van der Waals surface area contributed by atoms with Crippen LogP contribution >= 0.6 is 11.3 Å². The summed E-state index contributed by atoms with van der Waals surface area (Å²) in [5, 5.41) is 12.5. The van der Waals surface area contributed by atoms with Crippen LogP contribution in [0.25, 0.3) is 10.2 Å². The maximum absolute atomic E-state index is 12.1. The average Bonchev–Trinajstić information content (AvgIpc) is 2.91. The Hall–Kier alpha value is -1.54. The third-order valence-corrected chi connectivity index (χ3v) is 4.74. The standard InChI is InChI=1S/C15H20N4O2S/c20-10-9-18-5-7-19(8-6-18)11-14(21)17-15-16-12-3-1-2-4-13(12)22-15/h1-4,20H,5-11H2,(H,16,17,21). The number of thiazole rings is 1. The zero-order valence-electron chi connectivity index (χ0n) is 12.4. The van der Waals surface area contributed by atoms with Gasteiger partial charge in [0, 0.05) is 32.7 Å². The van der Waals surface area contributed by atoms with Gasteiger partial charge in [-0.1, -0.05) is 23.5 Å². The van der Waals surface area contributed by atoms with Crippen molar-refractivity contribution in [3.8, 4) is 0 Å². The van der Waals surface area contributed by atoms with Gasteiger partial charge in [0.2, 0.25) is 5.91 Å². The number of carbonyl (C=O) groups is 1. The Morgan fingerprint density at radius 3 is 2.68 bits per heavy atom. The molecular formula is C15H20N4O2S. The van der Waals surface area contributed by atoms with Crippen LogP contribution in [0.15, 0.2) is 24.3 Å². The van der Waals surface area contributed by atoms with Gasteiger partial charge in [0.05, 0.1) is 23.4 Å². The van der Waals surface area contributed by atoms with Crippen molar-refractivity contribution in [3.63, 3.8) is 0 Å². The van der Waals surface area contributed by atoms with Gasteiger partial charge in [0.1, 0.15) is 0 Å². The van der Waals surface area contributed by atoms with Gasteiger partial charge in [-0.05, 0) is 12.1 Å². The van der Waals surface area contributed by atoms with Gasteiger partial charge in [-0.15, -0.1) is 0 Å². The van der Waals surface area contributed by atoms with Crippen molar-refractivity contribution in [2.24, 2.45) is 0 Å². The molecule has 2 aromatic rings. The largest absolute Gasteiger partial charge is 0.395 e. The van der Waals surface area contributed by atoms with Crippen molar-refractivity contribution in [2.75, 3.05) is 51.2 Å². The number of nitrogens with one attached hydrogen (secondary N) is 1. The highest BCUT2D eigenvalue weighted by Crippen LogP contribution is 2.25. The third-order valence-electron chi connectivity index (χ3n) is 3.79. The number of hydrogen-bond acceptors (Lipinski definition) is 6. The summed E-state index contributed by atoms with van der Waals surface area (Å²) in [6.45, 7) is 4.80. The number of carbonyl (C=O) groups excluding carboxylic acids is 1. The fourth-order valence-electron chi connectivity index (χ4n) is 2.60. The van der Waals surface area contributed by atoms with E-state index in [-0.39, 0.29) is 12.5 Å². The van der Waals surface area contributed by atoms with E-state index in [2.05, 4.69) is 20.1 Å². The minimum atomic E-state index is -0.0188. The highest BCUT2D eigenvalue weighted by molar-refractivity contribution is 7.22. The number of aliphatic hydroxyl groups excluding tert-OH is 1. The summed E-state index contributed by atoms with van der Waals surface area (Å²) in [5.74, 6) is -0.0188. The van der Waals surface area contributed by atoms with Crippen LogP contribution in [0.3, 0.4) is 0 Å². The SMILES string of the molecule is O=C(CN1CCN(CCO)CC1)Nc1nc2ccccc2s1. The van der Waals surface area contributed by atoms with E-state index in [4.69, 9.17) is 5.11 Å². The quantitative estimate of drug-likeness (QED) is 0.855. The molecule has 7 heteroatoms. The lowest BCUT2D eigenvalue weighted by Crippen LogP contribution is -2.49. The monoisotopic (exact) mass is 320 g/mol. The highest BCUT2D eigenvalue weighted by atomic mass is 32.1. The smallest absolute Gasteiger partial charge is 0.240 e. The molecule has 1 amide bonds. The Bertz CT molecular complexity index is 604. The lowest BCUT2D eigenvalue weighted by Gasteiger charge is -2.33. The number of amides is 1. The van der Waals surface area contributed by atoms with E-state index >= 15 is 0 Å². The van der Waals surface area contributed by atoms with Crippen molar-refractivity contribution >= 4 is 32.6 Å². The summed E-state index contributed by atoms with van der Waals surface area (Å²) in [6, 6.07) is 7.86. The molecule has 0 atom stereocenters. The number of rotatable bonds is 5. The van der Waals surface area contributed by atoms with Crippen LogP contribution in [0.5, 0.6) is 0 Å². The van der Waals surface area contributed by atoms with Gasteiger partial charge < -0.3 is 10.4 Å². The normalized spacial score (nSPS) is 17.0. The lowest BCUT2D eigenvalue weighted by atomic mass is 10.3. The first-order valence-electron chi connectivity index (χ1n) is 7.45. The number of aromatic nitrogens is 1. The Kier molecular flexibility index (Phi) is 4.99. The van der Waals surface area contributed by atoms with E-state index in [1.807, 2.05) is 24.3 Å². The molecule has 0 unspecified atom stereocenters. The van der Waals surface area contributed by atoms with Gasteiger partial charge in [-0.25, -0.2) is 4.98 Å². The van der Waals surface area contributed by atoms with Gasteiger partial charge in [-0.3, -0.25) is 14.6 Å². The predicted molar refractivity (Wildman–Crippen MR) is 88.2 cm³/mol. The summed E-state index contributed by atoms with van der Waals surface area (Å²) in [5.41, 5.74) is 0.917. The summed E-state index contributed by atoms with van der Waals surface area (Å²) in [4.78, 5) is 20.9. The molecule has 22 heavy (non-hydrogen) atoms. The fourth-order valence-corrected chi connectivity index (χ4v) is 3.48. The number of β-amino-alcohol motifs (C(OH)–C–C–N with tert-alkyl or cyclic N) is 1. The van der Waals surface area contributed by atoms with Crippen molar-refractivity contribution in [2.45, 2.75) is 0 Å². The average molecular weight is 320 g/mol. The van der Waals surface area contributed by atoms with Crippen molar-refractivity contribution in [1.82, 2.24) is 14.8 Å². The first-order valence-corrected chi connectivity index (χ1v) is 8.27. The van der Waals surface area contributed by atoms with Crippen LogP contribution in [0.2, 0.25) is 0 Å². The van der Waals surface area contributed by atoms with Crippen LogP contribution in [0.4, 0.5) is 5.13 Å². The van der Waals surface area contributed by atoms with E-state index < -0.39 is 0 Å². The molecule has 0 saturated carbocycles. The number of fused-ring (bicyclic) bond motifs is 1. The number of hydrogen-bond donors (Lipinski definition) is 2. The van der Waals surface area contributed by atoms with Gasteiger partial charge in [-0.2, -0.15) is 0 Å². The fraction of sp³-hybridized carbons (Fsp3) is 0.467. The first-order chi connectivity index (χ1) is 10.7. The predicted octanol–water partition coefficient (Wildman–Crippen LogP) is 0.845. The Morgan fingerprint density at radius 2 is 1.95 bits per heavy atom. The molecule has 1 aromatic heterocycles. The molecule has 0 aliphatic carbocycles. The molecule has 1 aliphatic heterocycles. The van der Waals surface area contributed by atoms with E-state index in [9.17, 15) is 4.79 Å². The van der Waals surface area contributed by atoms with Crippen LogP contribution in [0, 0.1) is 0 Å². The molecule has 1 aliphatic rings. The highest BCUT2D eigenvalue weighted by Gasteiger charge is 2.19. The molecule has 2 heterocycles. The molecular weight excluding hydrogens is 300 g/mol. The third kappa shape index (κ3) is 3.80. The van der Waals surface area contributed by atoms with Crippen molar-refractivity contribution in [1.29, 1.82) is 0 Å². The molecule has 1 fully saturated rings. The molecule has 0 bridgehead atoms. The second kappa shape index (κ2) is 7.15.